The smallest absolute Gasteiger partial charge is 0.265 e. The highest BCUT2D eigenvalue weighted by atomic mass is 32.2. The van der Waals surface area contributed by atoms with Crippen LogP contribution in [0.25, 0.3) is 0 Å². The number of phenols is 1. The lowest BCUT2D eigenvalue weighted by Crippen LogP contribution is -2.13. The predicted molar refractivity (Wildman–Crippen MR) is 68.9 cm³/mol. The number of hydrogen-bond donors (Lipinski definition) is 2. The minimum Gasteiger partial charge on any atom is -0.507 e. The first-order valence-electron chi connectivity index (χ1n) is 5.27. The zero-order valence-electron chi connectivity index (χ0n) is 9.71. The number of rotatable bonds is 3. The Morgan fingerprint density at radius 2 is 2.06 bits per heavy atom. The summed E-state index contributed by atoms with van der Waals surface area (Å²) in [5, 5.41) is 9.68. The van der Waals surface area contributed by atoms with E-state index >= 15 is 0 Å². The van der Waals surface area contributed by atoms with Gasteiger partial charge in [-0.05, 0) is 42.8 Å². The molecule has 0 saturated heterocycles. The highest BCUT2D eigenvalue weighted by molar-refractivity contribution is 7.92. The third-order valence-electron chi connectivity index (χ3n) is 2.36. The Hall–Kier alpha value is -2.01. The SMILES string of the molecule is Cc1ccc(S(=O)(=O)Nc2c[c]ccc2)c(O)c1. The monoisotopic (exact) mass is 262 g/mol. The molecule has 0 unspecified atom stereocenters. The largest absolute Gasteiger partial charge is 0.507 e. The van der Waals surface area contributed by atoms with Gasteiger partial charge in [0.05, 0.1) is 0 Å². The molecule has 0 aliphatic rings. The molecule has 2 N–H and O–H groups in total. The Balaban J connectivity index is 2.37. The van der Waals surface area contributed by atoms with E-state index in [0.717, 1.165) is 5.56 Å². The zero-order chi connectivity index (χ0) is 13.2. The van der Waals surface area contributed by atoms with Crippen LogP contribution in [0.5, 0.6) is 5.75 Å². The van der Waals surface area contributed by atoms with E-state index < -0.39 is 10.0 Å². The minimum absolute atomic E-state index is 0.142. The first-order valence-corrected chi connectivity index (χ1v) is 6.76. The summed E-state index contributed by atoms with van der Waals surface area (Å²) in [6.07, 6.45) is 0. The maximum absolute atomic E-state index is 12.0. The summed E-state index contributed by atoms with van der Waals surface area (Å²) in [6, 6.07) is 13.7. The Morgan fingerprint density at radius 3 is 2.67 bits per heavy atom. The molecule has 0 heterocycles. The second-order valence-electron chi connectivity index (χ2n) is 3.87. The second-order valence-corrected chi connectivity index (χ2v) is 5.52. The van der Waals surface area contributed by atoms with Gasteiger partial charge in [-0.1, -0.05) is 18.2 Å². The average Bonchev–Trinajstić information content (AvgIpc) is 2.29. The quantitative estimate of drug-likeness (QED) is 0.892. The van der Waals surface area contributed by atoms with E-state index in [1.807, 2.05) is 0 Å². The number of aromatic hydroxyl groups is 1. The van der Waals surface area contributed by atoms with E-state index in [-0.39, 0.29) is 10.6 Å². The Bertz CT molecular complexity index is 651. The van der Waals surface area contributed by atoms with Gasteiger partial charge in [0, 0.05) is 5.69 Å². The van der Waals surface area contributed by atoms with Crippen LogP contribution in [-0.4, -0.2) is 13.5 Å². The summed E-state index contributed by atoms with van der Waals surface area (Å²) >= 11 is 0. The van der Waals surface area contributed by atoms with Gasteiger partial charge in [-0.15, -0.1) is 0 Å². The van der Waals surface area contributed by atoms with Crippen LogP contribution in [0.4, 0.5) is 5.69 Å². The first kappa shape index (κ1) is 12.4. The molecule has 18 heavy (non-hydrogen) atoms. The van der Waals surface area contributed by atoms with Crippen LogP contribution in [0.2, 0.25) is 0 Å². The molecule has 0 spiro atoms. The fraction of sp³-hybridized carbons (Fsp3) is 0.0769. The Kier molecular flexibility index (Phi) is 3.25. The van der Waals surface area contributed by atoms with Crippen molar-refractivity contribution in [2.45, 2.75) is 11.8 Å². The normalized spacial score (nSPS) is 11.2. The number of anilines is 1. The van der Waals surface area contributed by atoms with Crippen LogP contribution in [-0.2, 0) is 10.0 Å². The molecule has 4 nitrogen and oxygen atoms in total. The number of nitrogens with one attached hydrogen (secondary N) is 1. The molecular formula is C13H12NO3S. The molecule has 0 amide bonds. The van der Waals surface area contributed by atoms with Crippen molar-refractivity contribution in [2.75, 3.05) is 4.72 Å². The lowest BCUT2D eigenvalue weighted by molar-refractivity contribution is 0.458. The molecule has 0 aliphatic carbocycles. The zero-order valence-corrected chi connectivity index (χ0v) is 10.5. The summed E-state index contributed by atoms with van der Waals surface area (Å²) in [5.41, 5.74) is 1.19. The van der Waals surface area contributed by atoms with E-state index in [2.05, 4.69) is 10.8 Å². The molecule has 2 aromatic carbocycles. The number of phenolic OH excluding ortho intramolecular Hbond substituents is 1. The van der Waals surface area contributed by atoms with Crippen molar-refractivity contribution in [1.82, 2.24) is 0 Å². The van der Waals surface area contributed by atoms with Crippen LogP contribution in [0.3, 0.4) is 0 Å². The Morgan fingerprint density at radius 1 is 1.28 bits per heavy atom. The van der Waals surface area contributed by atoms with Crippen LogP contribution in [0, 0.1) is 13.0 Å². The highest BCUT2D eigenvalue weighted by Crippen LogP contribution is 2.25. The van der Waals surface area contributed by atoms with Gasteiger partial charge in [0.1, 0.15) is 10.6 Å². The van der Waals surface area contributed by atoms with Crippen molar-refractivity contribution in [3.8, 4) is 5.75 Å². The summed E-state index contributed by atoms with van der Waals surface area (Å²) in [5.74, 6) is -0.262. The molecule has 0 bridgehead atoms. The summed E-state index contributed by atoms with van der Waals surface area (Å²) < 4.78 is 26.5. The maximum atomic E-state index is 12.0. The molecule has 1 radical (unpaired) electrons. The molecule has 0 atom stereocenters. The van der Waals surface area contributed by atoms with Crippen molar-refractivity contribution >= 4 is 15.7 Å². The maximum Gasteiger partial charge on any atom is 0.265 e. The van der Waals surface area contributed by atoms with Crippen LogP contribution < -0.4 is 4.72 Å². The molecule has 0 aromatic heterocycles. The molecule has 0 fully saturated rings. The van der Waals surface area contributed by atoms with Gasteiger partial charge in [-0.2, -0.15) is 0 Å². The second kappa shape index (κ2) is 4.70. The lowest BCUT2D eigenvalue weighted by atomic mass is 10.2. The van der Waals surface area contributed by atoms with Crippen LogP contribution in [0.1, 0.15) is 5.56 Å². The van der Waals surface area contributed by atoms with E-state index in [9.17, 15) is 13.5 Å². The van der Waals surface area contributed by atoms with Gasteiger partial charge < -0.3 is 5.11 Å². The van der Waals surface area contributed by atoms with Crippen molar-refractivity contribution in [3.63, 3.8) is 0 Å². The van der Waals surface area contributed by atoms with Crippen molar-refractivity contribution in [1.29, 1.82) is 0 Å². The highest BCUT2D eigenvalue weighted by Gasteiger charge is 2.18. The number of aryl methyl sites for hydroxylation is 1. The van der Waals surface area contributed by atoms with E-state index in [0.29, 0.717) is 5.69 Å². The standard InChI is InChI=1S/C13H12NO3S/c1-10-7-8-13(12(15)9-10)18(16,17)14-11-5-3-2-4-6-11/h2-3,5-9,14-15H,1H3. The van der Waals surface area contributed by atoms with Gasteiger partial charge in [-0.3, -0.25) is 4.72 Å². The molecule has 2 aromatic rings. The summed E-state index contributed by atoms with van der Waals surface area (Å²) in [4.78, 5) is -0.142. The number of benzene rings is 2. The molecule has 93 valence electrons. The first-order chi connectivity index (χ1) is 8.49. The van der Waals surface area contributed by atoms with Crippen molar-refractivity contribution in [3.05, 3.63) is 54.1 Å². The fourth-order valence-corrected chi connectivity index (χ4v) is 2.65. The van der Waals surface area contributed by atoms with Crippen molar-refractivity contribution in [2.24, 2.45) is 0 Å². The average molecular weight is 262 g/mol. The molecule has 0 aliphatic heterocycles. The Labute approximate surface area is 106 Å². The lowest BCUT2D eigenvalue weighted by Gasteiger charge is -2.09. The van der Waals surface area contributed by atoms with E-state index in [4.69, 9.17) is 0 Å². The summed E-state index contributed by atoms with van der Waals surface area (Å²) in [6.45, 7) is 1.77. The molecular weight excluding hydrogens is 250 g/mol. The fourth-order valence-electron chi connectivity index (χ4n) is 1.52. The molecule has 5 heteroatoms. The summed E-state index contributed by atoms with van der Waals surface area (Å²) in [7, 11) is -3.78. The van der Waals surface area contributed by atoms with Crippen LogP contribution >= 0.6 is 0 Å². The number of sulfonamides is 1. The molecule has 2 rings (SSSR count). The van der Waals surface area contributed by atoms with Crippen LogP contribution in [0.15, 0.2) is 47.4 Å². The number of hydrogen-bond acceptors (Lipinski definition) is 3. The van der Waals surface area contributed by atoms with E-state index in [1.165, 1.54) is 18.2 Å². The van der Waals surface area contributed by atoms with Crippen molar-refractivity contribution < 1.29 is 13.5 Å². The van der Waals surface area contributed by atoms with Gasteiger partial charge >= 0.3 is 0 Å². The van der Waals surface area contributed by atoms with Gasteiger partial charge in [-0.25, -0.2) is 8.42 Å². The van der Waals surface area contributed by atoms with Gasteiger partial charge in [0.2, 0.25) is 0 Å². The van der Waals surface area contributed by atoms with E-state index in [1.54, 1.807) is 31.2 Å². The predicted octanol–water partition coefficient (Wildman–Crippen LogP) is 2.30. The topological polar surface area (TPSA) is 66.4 Å². The third-order valence-corrected chi connectivity index (χ3v) is 3.79. The minimum atomic E-state index is -3.78. The third kappa shape index (κ3) is 2.62. The van der Waals surface area contributed by atoms with Gasteiger partial charge in [0.25, 0.3) is 10.0 Å². The van der Waals surface area contributed by atoms with Gasteiger partial charge in [0.15, 0.2) is 0 Å². The molecule has 0 saturated carbocycles.